The summed E-state index contributed by atoms with van der Waals surface area (Å²) < 4.78 is 6.14. The Labute approximate surface area is 221 Å². The molecule has 0 aliphatic carbocycles. The first-order valence-electron chi connectivity index (χ1n) is 12.8. The number of nitrogens with zero attached hydrogens (tertiary/aromatic N) is 3. The number of allylic oxidation sites excluding steroid dienone is 6. The number of fused-ring (bicyclic) bond motifs is 1. The van der Waals surface area contributed by atoms with Gasteiger partial charge in [-0.15, -0.1) is 0 Å². The van der Waals surface area contributed by atoms with Crippen molar-refractivity contribution in [1.82, 2.24) is 0 Å². The van der Waals surface area contributed by atoms with Crippen LogP contribution in [0.5, 0.6) is 0 Å². The summed E-state index contributed by atoms with van der Waals surface area (Å²) >= 11 is 0. The van der Waals surface area contributed by atoms with Gasteiger partial charge in [-0.05, 0) is 77.4 Å². The highest BCUT2D eigenvalue weighted by Gasteiger charge is 2.24. The van der Waals surface area contributed by atoms with E-state index in [1.165, 1.54) is 22.5 Å². The molecule has 0 unspecified atom stereocenters. The molecule has 0 amide bonds. The normalized spacial score (nSPS) is 15.8. The second-order valence-corrected chi connectivity index (χ2v) is 11.7. The largest absolute Gasteiger partial charge is 0.461 e. The summed E-state index contributed by atoms with van der Waals surface area (Å²) in [5.74, 6) is 1.34. The van der Waals surface area contributed by atoms with Gasteiger partial charge in [0.1, 0.15) is 29.2 Å². The Morgan fingerprint density at radius 1 is 0.892 bits per heavy atom. The van der Waals surface area contributed by atoms with Crippen LogP contribution in [0.2, 0.25) is 0 Å². The second kappa shape index (κ2) is 10.2. The monoisotopic (exact) mass is 489 g/mol. The maximum absolute atomic E-state index is 9.38. The standard InChI is InChI=1S/C33H35N3O/c1-32(2,3)27-11-13-28(14-12-27)36-17-7-8-24-18-23(10-16-30(24)36)9-15-29-19-25(26(21-34)22-35)20-31(37-29)33(4,5)6/h9-16,18-20H,7-8,17H2,1-6H3/b15-9+. The van der Waals surface area contributed by atoms with Crippen molar-refractivity contribution in [3.8, 4) is 12.1 Å². The quantitative estimate of drug-likeness (QED) is 0.407. The summed E-state index contributed by atoms with van der Waals surface area (Å²) in [5, 5.41) is 18.8. The molecular weight excluding hydrogens is 454 g/mol. The Morgan fingerprint density at radius 3 is 2.22 bits per heavy atom. The van der Waals surface area contributed by atoms with E-state index in [0.29, 0.717) is 11.3 Å². The zero-order chi connectivity index (χ0) is 26.8. The predicted molar refractivity (Wildman–Crippen MR) is 151 cm³/mol. The Morgan fingerprint density at radius 2 is 1.59 bits per heavy atom. The first kappa shape index (κ1) is 26.1. The van der Waals surface area contributed by atoms with Crippen LogP contribution >= 0.6 is 0 Å². The van der Waals surface area contributed by atoms with E-state index in [2.05, 4.69) is 68.1 Å². The minimum Gasteiger partial charge on any atom is -0.461 e. The topological polar surface area (TPSA) is 60.0 Å². The van der Waals surface area contributed by atoms with Gasteiger partial charge in [0.15, 0.2) is 0 Å². The SMILES string of the molecule is CC(C)(C)C1=CC(=C(C#N)C#N)C=C(/C=C/c2ccc3c(c2)CCCN3c2ccc(C(C)(C)C)cc2)O1. The number of ether oxygens (including phenoxy) is 1. The third-order valence-corrected chi connectivity index (χ3v) is 6.77. The van der Waals surface area contributed by atoms with Gasteiger partial charge in [0, 0.05) is 28.9 Å². The third-order valence-electron chi connectivity index (χ3n) is 6.77. The maximum Gasteiger partial charge on any atom is 0.137 e. The van der Waals surface area contributed by atoms with Crippen LogP contribution in [0.15, 0.2) is 83.4 Å². The maximum atomic E-state index is 9.38. The summed E-state index contributed by atoms with van der Waals surface area (Å²) in [6.45, 7) is 13.9. The number of rotatable bonds is 3. The van der Waals surface area contributed by atoms with Gasteiger partial charge in [0.2, 0.25) is 0 Å². The van der Waals surface area contributed by atoms with Gasteiger partial charge in [-0.2, -0.15) is 10.5 Å². The smallest absolute Gasteiger partial charge is 0.137 e. The van der Waals surface area contributed by atoms with E-state index >= 15 is 0 Å². The van der Waals surface area contributed by atoms with E-state index in [1.54, 1.807) is 12.2 Å². The van der Waals surface area contributed by atoms with E-state index in [1.807, 2.05) is 45.1 Å². The average molecular weight is 490 g/mol. The van der Waals surface area contributed by atoms with Crippen molar-refractivity contribution in [2.45, 2.75) is 59.8 Å². The van der Waals surface area contributed by atoms with Crippen molar-refractivity contribution < 1.29 is 4.74 Å². The highest BCUT2D eigenvalue weighted by atomic mass is 16.5. The first-order chi connectivity index (χ1) is 17.5. The van der Waals surface area contributed by atoms with Crippen LogP contribution < -0.4 is 4.90 Å². The van der Waals surface area contributed by atoms with E-state index in [-0.39, 0.29) is 16.4 Å². The van der Waals surface area contributed by atoms with Gasteiger partial charge >= 0.3 is 0 Å². The summed E-state index contributed by atoms with van der Waals surface area (Å²) in [6.07, 6.45) is 9.65. The number of benzene rings is 2. The van der Waals surface area contributed by atoms with E-state index in [9.17, 15) is 10.5 Å². The van der Waals surface area contributed by atoms with Gasteiger partial charge in [-0.25, -0.2) is 0 Å². The molecule has 37 heavy (non-hydrogen) atoms. The fourth-order valence-corrected chi connectivity index (χ4v) is 4.58. The Hall–Kier alpha value is -4.02. The van der Waals surface area contributed by atoms with Crippen LogP contribution in [0.25, 0.3) is 6.08 Å². The molecule has 2 aromatic rings. The summed E-state index contributed by atoms with van der Waals surface area (Å²) in [6, 6.07) is 19.5. The molecule has 0 atom stereocenters. The molecule has 0 N–H and O–H groups in total. The van der Waals surface area contributed by atoms with Gasteiger partial charge in [-0.1, -0.05) is 65.8 Å². The van der Waals surface area contributed by atoms with Gasteiger partial charge in [0.05, 0.1) is 0 Å². The fraction of sp³-hybridized carbons (Fsp3) is 0.333. The Bertz CT molecular complexity index is 1380. The third kappa shape index (κ3) is 5.87. The summed E-state index contributed by atoms with van der Waals surface area (Å²) in [4.78, 5) is 2.41. The van der Waals surface area contributed by atoms with Gasteiger partial charge in [-0.3, -0.25) is 0 Å². The summed E-state index contributed by atoms with van der Waals surface area (Å²) in [7, 11) is 0. The van der Waals surface area contributed by atoms with Crippen LogP contribution in [0.4, 0.5) is 11.4 Å². The van der Waals surface area contributed by atoms with Crippen LogP contribution in [0, 0.1) is 28.1 Å². The second-order valence-electron chi connectivity index (χ2n) is 11.7. The number of hydrogen-bond acceptors (Lipinski definition) is 4. The number of aryl methyl sites for hydroxylation is 1. The molecule has 4 heteroatoms. The van der Waals surface area contributed by atoms with Gasteiger partial charge in [0.25, 0.3) is 0 Å². The van der Waals surface area contributed by atoms with Crippen molar-refractivity contribution in [1.29, 1.82) is 10.5 Å². The molecule has 4 nitrogen and oxygen atoms in total. The van der Waals surface area contributed by atoms with Crippen molar-refractivity contribution in [2.75, 3.05) is 11.4 Å². The lowest BCUT2D eigenvalue weighted by atomic mass is 9.87. The molecule has 2 aromatic carbocycles. The molecule has 2 heterocycles. The number of hydrogen-bond donors (Lipinski definition) is 0. The molecule has 0 fully saturated rings. The minimum atomic E-state index is -0.255. The van der Waals surface area contributed by atoms with Gasteiger partial charge < -0.3 is 9.64 Å². The molecule has 0 aromatic heterocycles. The van der Waals surface area contributed by atoms with Crippen LogP contribution in [0.3, 0.4) is 0 Å². The Kier molecular flexibility index (Phi) is 7.15. The molecule has 188 valence electrons. The number of nitriles is 2. The summed E-state index contributed by atoms with van der Waals surface area (Å²) in [5.41, 5.74) is 6.80. The molecule has 4 rings (SSSR count). The molecule has 2 aliphatic heterocycles. The molecule has 0 radical (unpaired) electrons. The first-order valence-corrected chi connectivity index (χ1v) is 12.8. The van der Waals surface area contributed by atoms with Crippen LogP contribution in [0.1, 0.15) is 64.7 Å². The Balaban J connectivity index is 1.60. The highest BCUT2D eigenvalue weighted by molar-refractivity contribution is 5.71. The predicted octanol–water partition coefficient (Wildman–Crippen LogP) is 8.27. The highest BCUT2D eigenvalue weighted by Crippen LogP contribution is 2.37. The minimum absolute atomic E-state index is 0.0837. The van der Waals surface area contributed by atoms with E-state index < -0.39 is 0 Å². The fourth-order valence-electron chi connectivity index (χ4n) is 4.58. The lowest BCUT2D eigenvalue weighted by Crippen LogP contribution is -2.24. The van der Waals surface area contributed by atoms with Crippen LogP contribution in [-0.4, -0.2) is 6.54 Å². The zero-order valence-electron chi connectivity index (χ0n) is 22.7. The van der Waals surface area contributed by atoms with E-state index in [4.69, 9.17) is 4.74 Å². The van der Waals surface area contributed by atoms with Crippen LogP contribution in [-0.2, 0) is 16.6 Å². The van der Waals surface area contributed by atoms with E-state index in [0.717, 1.165) is 30.7 Å². The lowest BCUT2D eigenvalue weighted by Gasteiger charge is -2.32. The lowest BCUT2D eigenvalue weighted by molar-refractivity contribution is 0.223. The molecular formula is C33H35N3O. The average Bonchev–Trinajstić information content (AvgIpc) is 2.86. The van der Waals surface area contributed by atoms with Crippen molar-refractivity contribution >= 4 is 17.5 Å². The molecule has 0 spiro atoms. The molecule has 0 saturated carbocycles. The molecule has 2 aliphatic rings. The van der Waals surface area contributed by atoms with Crippen molar-refractivity contribution in [2.24, 2.45) is 5.41 Å². The molecule has 0 bridgehead atoms. The molecule has 0 saturated heterocycles. The zero-order valence-corrected chi connectivity index (χ0v) is 22.7. The van der Waals surface area contributed by atoms with Crippen molar-refractivity contribution in [3.05, 3.63) is 100 Å². The number of anilines is 2. The van der Waals surface area contributed by atoms with Crippen molar-refractivity contribution in [3.63, 3.8) is 0 Å².